The summed E-state index contributed by atoms with van der Waals surface area (Å²) in [4.78, 5) is 40.2. The summed E-state index contributed by atoms with van der Waals surface area (Å²) in [6, 6.07) is 6.38. The number of anilines is 1. The van der Waals surface area contributed by atoms with Crippen molar-refractivity contribution >= 4 is 23.7 Å². The van der Waals surface area contributed by atoms with E-state index in [1.807, 2.05) is 32.0 Å². The molecule has 0 spiro atoms. The molecule has 0 saturated carbocycles. The van der Waals surface area contributed by atoms with Crippen molar-refractivity contribution in [2.24, 2.45) is 11.8 Å². The van der Waals surface area contributed by atoms with E-state index in [0.29, 0.717) is 18.9 Å². The van der Waals surface area contributed by atoms with Crippen LogP contribution in [0.1, 0.15) is 44.6 Å². The summed E-state index contributed by atoms with van der Waals surface area (Å²) in [7, 11) is 0. The maximum atomic E-state index is 13.9. The number of nitrogens with one attached hydrogen (secondary N) is 2. The Morgan fingerprint density at radius 2 is 1.90 bits per heavy atom. The number of hydrogen-bond donors (Lipinski definition) is 2. The average Bonchev–Trinajstić information content (AvgIpc) is 3.28. The molecule has 1 aliphatic carbocycles. The standard InChI is InChI=1S/C29H35F3N4O4/c1-18(2)27(37)34-22-6-3-5-20(15-22)19-9-13-35(14-10-19)12-4-11-33-28(38)36-25(17-40-29(36)39)21-7-8-23(30)26(32)24(31)16-21/h3,5-8,15-16,18-19,21,25H,4,9-14,17H2,1-2H3,(H,33,38)(H,34,37)/t21-,25?/m0/s1. The van der Waals surface area contributed by atoms with E-state index < -0.39 is 41.6 Å². The van der Waals surface area contributed by atoms with Crippen molar-refractivity contribution in [2.75, 3.05) is 38.1 Å². The number of hydrogen-bond acceptors (Lipinski definition) is 5. The number of ether oxygens (including phenoxy) is 1. The molecule has 2 fully saturated rings. The smallest absolute Gasteiger partial charge is 0.418 e. The van der Waals surface area contributed by atoms with Gasteiger partial charge in [-0.3, -0.25) is 4.79 Å². The van der Waals surface area contributed by atoms with E-state index >= 15 is 0 Å². The number of allylic oxidation sites excluding steroid dienone is 4. The first-order valence-electron chi connectivity index (χ1n) is 13.6. The summed E-state index contributed by atoms with van der Waals surface area (Å²) in [5.74, 6) is -4.99. The topological polar surface area (TPSA) is 91.0 Å². The van der Waals surface area contributed by atoms with Crippen LogP contribution in [0, 0.1) is 11.8 Å². The molecule has 0 radical (unpaired) electrons. The van der Waals surface area contributed by atoms with Gasteiger partial charge in [0.05, 0.1) is 6.04 Å². The fourth-order valence-electron chi connectivity index (χ4n) is 5.10. The summed E-state index contributed by atoms with van der Waals surface area (Å²) in [5, 5.41) is 5.65. The van der Waals surface area contributed by atoms with E-state index in [9.17, 15) is 27.6 Å². The Hall–Kier alpha value is -3.60. The maximum Gasteiger partial charge on any atom is 0.418 e. The molecule has 2 atom stereocenters. The molecule has 0 bridgehead atoms. The second-order valence-corrected chi connectivity index (χ2v) is 10.6. The van der Waals surface area contributed by atoms with Crippen molar-refractivity contribution in [2.45, 2.75) is 45.1 Å². The summed E-state index contributed by atoms with van der Waals surface area (Å²) in [6.45, 7) is 6.37. The Morgan fingerprint density at radius 3 is 2.62 bits per heavy atom. The molecule has 1 aromatic carbocycles. The summed E-state index contributed by atoms with van der Waals surface area (Å²) in [5.41, 5.74) is 2.02. The first-order valence-corrected chi connectivity index (χ1v) is 13.6. The molecule has 40 heavy (non-hydrogen) atoms. The van der Waals surface area contributed by atoms with Gasteiger partial charge in [-0.2, -0.15) is 0 Å². The lowest BCUT2D eigenvalue weighted by molar-refractivity contribution is -0.118. The molecule has 4 amide bonds. The number of cyclic esters (lactones) is 1. The summed E-state index contributed by atoms with van der Waals surface area (Å²) in [6.07, 6.45) is 4.54. The van der Waals surface area contributed by atoms with Gasteiger partial charge >= 0.3 is 12.1 Å². The van der Waals surface area contributed by atoms with Gasteiger partial charge < -0.3 is 20.3 Å². The molecule has 8 nitrogen and oxygen atoms in total. The Balaban J connectivity index is 1.21. The first kappa shape index (κ1) is 29.4. The van der Waals surface area contributed by atoms with Crippen molar-refractivity contribution in [1.29, 1.82) is 0 Å². The van der Waals surface area contributed by atoms with E-state index in [1.165, 1.54) is 11.6 Å². The fourth-order valence-corrected chi connectivity index (χ4v) is 5.10. The SMILES string of the molecule is CC(C)C(=O)Nc1cccc(C2CCN(CCCNC(=O)N3C(=O)OCC3[C@H]3C=CC(F)=C(F)C(F)=C3)CC2)c1. The second kappa shape index (κ2) is 13.2. The number of halogens is 3. The molecule has 216 valence electrons. The lowest BCUT2D eigenvalue weighted by Crippen LogP contribution is -2.48. The minimum atomic E-state index is -1.62. The van der Waals surface area contributed by atoms with Gasteiger partial charge in [0.1, 0.15) is 6.61 Å². The normalized spacial score (nSPS) is 22.3. The van der Waals surface area contributed by atoms with Gasteiger partial charge in [-0.05, 0) is 74.7 Å². The first-order chi connectivity index (χ1) is 19.1. The Kier molecular flexibility index (Phi) is 9.67. The minimum absolute atomic E-state index is 0.00806. The lowest BCUT2D eigenvalue weighted by Gasteiger charge is -2.32. The van der Waals surface area contributed by atoms with Gasteiger partial charge in [-0.25, -0.2) is 27.7 Å². The highest BCUT2D eigenvalue weighted by molar-refractivity contribution is 5.93. The van der Waals surface area contributed by atoms with E-state index in [-0.39, 0.29) is 18.4 Å². The Labute approximate surface area is 231 Å². The second-order valence-electron chi connectivity index (χ2n) is 10.6. The Morgan fingerprint density at radius 1 is 1.15 bits per heavy atom. The van der Waals surface area contributed by atoms with Gasteiger partial charge in [0.15, 0.2) is 17.5 Å². The van der Waals surface area contributed by atoms with E-state index in [0.717, 1.165) is 55.2 Å². The number of urea groups is 1. The molecule has 2 saturated heterocycles. The van der Waals surface area contributed by atoms with Gasteiger partial charge in [-0.1, -0.05) is 32.1 Å². The van der Waals surface area contributed by atoms with Crippen molar-refractivity contribution < 1.29 is 32.3 Å². The molecule has 4 rings (SSSR count). The summed E-state index contributed by atoms with van der Waals surface area (Å²) >= 11 is 0. The van der Waals surface area contributed by atoms with Gasteiger partial charge in [-0.15, -0.1) is 0 Å². The van der Waals surface area contributed by atoms with Crippen LogP contribution >= 0.6 is 0 Å². The number of carbonyl (C=O) groups excluding carboxylic acids is 3. The highest BCUT2D eigenvalue weighted by Gasteiger charge is 2.42. The molecular weight excluding hydrogens is 525 g/mol. The molecular formula is C29H35F3N4O4. The van der Waals surface area contributed by atoms with Gasteiger partial charge in [0.25, 0.3) is 0 Å². The molecule has 2 N–H and O–H groups in total. The van der Waals surface area contributed by atoms with Crippen LogP contribution in [-0.2, 0) is 9.53 Å². The number of carbonyl (C=O) groups is 3. The molecule has 1 unspecified atom stereocenters. The number of imide groups is 1. The van der Waals surface area contributed by atoms with Crippen LogP contribution in [0.15, 0.2) is 60.0 Å². The summed E-state index contributed by atoms with van der Waals surface area (Å²) < 4.78 is 46.0. The van der Waals surface area contributed by atoms with Gasteiger partial charge in [0.2, 0.25) is 5.91 Å². The third-order valence-corrected chi connectivity index (χ3v) is 7.46. The molecule has 1 aromatic rings. The number of likely N-dealkylation sites (tertiary alicyclic amines) is 1. The Bertz CT molecular complexity index is 1210. The predicted octanol–water partition coefficient (Wildman–Crippen LogP) is 5.57. The zero-order chi connectivity index (χ0) is 28.8. The number of amides is 4. The number of piperidine rings is 1. The number of nitrogens with zero attached hydrogens (tertiary/aromatic N) is 2. The molecule has 11 heteroatoms. The van der Waals surface area contributed by atoms with Crippen LogP contribution in [0.3, 0.4) is 0 Å². The zero-order valence-corrected chi connectivity index (χ0v) is 22.7. The monoisotopic (exact) mass is 560 g/mol. The molecule has 0 aromatic heterocycles. The lowest BCUT2D eigenvalue weighted by atomic mass is 9.89. The highest BCUT2D eigenvalue weighted by atomic mass is 19.2. The predicted molar refractivity (Wildman–Crippen MR) is 144 cm³/mol. The third-order valence-electron chi connectivity index (χ3n) is 7.46. The van der Waals surface area contributed by atoms with Crippen molar-refractivity contribution in [3.8, 4) is 0 Å². The average molecular weight is 561 g/mol. The highest BCUT2D eigenvalue weighted by Crippen LogP contribution is 2.31. The van der Waals surface area contributed by atoms with E-state index in [1.54, 1.807) is 0 Å². The van der Waals surface area contributed by atoms with Crippen LogP contribution in [0.2, 0.25) is 0 Å². The molecule has 2 aliphatic heterocycles. The minimum Gasteiger partial charge on any atom is -0.447 e. The van der Waals surface area contributed by atoms with Gasteiger partial charge in [0, 0.05) is 24.1 Å². The number of rotatable bonds is 8. The van der Waals surface area contributed by atoms with Crippen molar-refractivity contribution in [3.63, 3.8) is 0 Å². The molecule has 3 aliphatic rings. The van der Waals surface area contributed by atoms with E-state index in [2.05, 4.69) is 21.6 Å². The van der Waals surface area contributed by atoms with Crippen LogP contribution < -0.4 is 10.6 Å². The fraction of sp³-hybridized carbons (Fsp3) is 0.483. The zero-order valence-electron chi connectivity index (χ0n) is 22.7. The number of benzene rings is 1. The van der Waals surface area contributed by atoms with Crippen LogP contribution in [-0.4, -0.2) is 66.7 Å². The van der Waals surface area contributed by atoms with Crippen molar-refractivity contribution in [3.05, 3.63) is 65.5 Å². The van der Waals surface area contributed by atoms with Crippen LogP contribution in [0.5, 0.6) is 0 Å². The van der Waals surface area contributed by atoms with Crippen molar-refractivity contribution in [1.82, 2.24) is 15.1 Å². The largest absolute Gasteiger partial charge is 0.447 e. The molecule has 2 heterocycles. The van der Waals surface area contributed by atoms with E-state index in [4.69, 9.17) is 4.74 Å². The quantitative estimate of drug-likeness (QED) is 0.406. The maximum absolute atomic E-state index is 13.9. The van der Waals surface area contributed by atoms with Crippen LogP contribution in [0.25, 0.3) is 0 Å². The van der Waals surface area contributed by atoms with Crippen LogP contribution in [0.4, 0.5) is 28.4 Å². The third kappa shape index (κ3) is 7.12.